The quantitative estimate of drug-likeness (QED) is 0.726. The molecule has 0 aromatic heterocycles. The van der Waals surface area contributed by atoms with E-state index < -0.39 is 0 Å². The number of benzene rings is 1. The average Bonchev–Trinajstić information content (AvgIpc) is 3.35. The van der Waals surface area contributed by atoms with E-state index in [1.165, 1.54) is 0 Å². The van der Waals surface area contributed by atoms with Gasteiger partial charge in [0.15, 0.2) is 11.5 Å². The molecule has 0 unspecified atom stereocenters. The van der Waals surface area contributed by atoms with Crippen LogP contribution in [0, 0.1) is 5.41 Å². The summed E-state index contributed by atoms with van der Waals surface area (Å²) in [6.45, 7) is 5.44. The highest BCUT2D eigenvalue weighted by Gasteiger charge is 2.59. The smallest absolute Gasteiger partial charge is 0.313 e. The monoisotopic (exact) mass is 361 g/mol. The Bertz CT molecular complexity index is 706. The van der Waals surface area contributed by atoms with Crippen LogP contribution in [-0.2, 0) is 16.1 Å². The van der Waals surface area contributed by atoms with Crippen LogP contribution in [0.2, 0.25) is 0 Å². The van der Waals surface area contributed by atoms with Crippen molar-refractivity contribution in [1.82, 2.24) is 4.90 Å². The zero-order chi connectivity index (χ0) is 18.3. The van der Waals surface area contributed by atoms with Gasteiger partial charge < -0.3 is 18.9 Å². The lowest BCUT2D eigenvalue weighted by Crippen LogP contribution is -2.43. The van der Waals surface area contributed by atoms with Crippen molar-refractivity contribution >= 4 is 5.97 Å². The normalized spacial score (nSPS) is 29.2. The third kappa shape index (κ3) is 2.54. The van der Waals surface area contributed by atoms with Crippen molar-refractivity contribution in [3.63, 3.8) is 0 Å². The number of carbonyl (C=O) groups excluding carboxylic acids is 1. The number of esters is 1. The Morgan fingerprint density at radius 3 is 2.88 bits per heavy atom. The van der Waals surface area contributed by atoms with Gasteiger partial charge in [0, 0.05) is 18.6 Å². The first-order valence-electron chi connectivity index (χ1n) is 9.52. The molecule has 2 bridgehead atoms. The Hall–Kier alpha value is -1.95. The van der Waals surface area contributed by atoms with Crippen LogP contribution in [0.25, 0.3) is 0 Å². The second kappa shape index (κ2) is 6.65. The van der Waals surface area contributed by atoms with Crippen LogP contribution in [0.1, 0.15) is 45.1 Å². The molecule has 0 spiro atoms. The van der Waals surface area contributed by atoms with Crippen molar-refractivity contribution in [2.24, 2.45) is 5.41 Å². The number of fused-ring (bicyclic) bond motifs is 3. The Labute approximate surface area is 154 Å². The van der Waals surface area contributed by atoms with Gasteiger partial charge in [0.25, 0.3) is 0 Å². The zero-order valence-electron chi connectivity index (χ0n) is 15.7. The minimum Gasteiger partial charge on any atom is -0.493 e. The summed E-state index contributed by atoms with van der Waals surface area (Å²) in [6, 6.07) is 4.72. The first kappa shape index (κ1) is 17.5. The Balaban J connectivity index is 1.59. The van der Waals surface area contributed by atoms with Crippen LogP contribution in [0.4, 0.5) is 0 Å². The van der Waals surface area contributed by atoms with E-state index in [9.17, 15) is 4.79 Å². The number of carbonyl (C=O) groups is 1. The Morgan fingerprint density at radius 1 is 1.31 bits per heavy atom. The van der Waals surface area contributed by atoms with E-state index in [1.807, 2.05) is 19.1 Å². The van der Waals surface area contributed by atoms with Crippen molar-refractivity contribution in [2.45, 2.75) is 58.2 Å². The summed E-state index contributed by atoms with van der Waals surface area (Å²) in [6.07, 6.45) is 3.93. The molecule has 0 radical (unpaired) electrons. The Kier molecular flexibility index (Phi) is 4.47. The van der Waals surface area contributed by atoms with E-state index in [1.54, 1.807) is 7.11 Å². The molecule has 1 aromatic carbocycles. The lowest BCUT2D eigenvalue weighted by Gasteiger charge is -2.34. The van der Waals surface area contributed by atoms with Gasteiger partial charge in [-0.15, -0.1) is 0 Å². The van der Waals surface area contributed by atoms with Gasteiger partial charge in [0.05, 0.1) is 19.1 Å². The minimum atomic E-state index is -0.362. The highest BCUT2D eigenvalue weighted by Crippen LogP contribution is 2.53. The summed E-state index contributed by atoms with van der Waals surface area (Å²) in [5, 5.41) is 0. The standard InChI is InChI=1S/C20H27NO5/c1-4-20(19(22)24-5-2)10-14-6-7-17(20)21(14)11-13-8-15(23-3)18-16(9-13)25-12-26-18/h8-9,14,17H,4-7,10-12H2,1-3H3/t14-,17+,20+/m0/s1. The molecule has 4 rings (SSSR count). The van der Waals surface area contributed by atoms with E-state index in [2.05, 4.69) is 11.8 Å². The highest BCUT2D eigenvalue weighted by molar-refractivity contribution is 5.78. The lowest BCUT2D eigenvalue weighted by molar-refractivity contribution is -0.157. The van der Waals surface area contributed by atoms with Crippen LogP contribution in [0.5, 0.6) is 17.2 Å². The lowest BCUT2D eigenvalue weighted by atomic mass is 9.72. The van der Waals surface area contributed by atoms with E-state index in [4.69, 9.17) is 18.9 Å². The van der Waals surface area contributed by atoms with Gasteiger partial charge in [-0.25, -0.2) is 0 Å². The summed E-state index contributed by atoms with van der Waals surface area (Å²) in [5.74, 6) is 2.09. The summed E-state index contributed by atoms with van der Waals surface area (Å²) in [5.41, 5.74) is 0.762. The third-order valence-electron chi connectivity index (χ3n) is 6.28. The molecule has 2 fully saturated rings. The molecule has 3 aliphatic heterocycles. The van der Waals surface area contributed by atoms with Crippen LogP contribution < -0.4 is 14.2 Å². The van der Waals surface area contributed by atoms with E-state index in [0.29, 0.717) is 24.1 Å². The summed E-state index contributed by atoms with van der Waals surface area (Å²) < 4.78 is 22.0. The number of hydrogen-bond donors (Lipinski definition) is 0. The molecule has 0 saturated carbocycles. The van der Waals surface area contributed by atoms with Gasteiger partial charge in [-0.2, -0.15) is 0 Å². The molecule has 26 heavy (non-hydrogen) atoms. The van der Waals surface area contributed by atoms with Gasteiger partial charge in [0.2, 0.25) is 12.5 Å². The molecule has 0 amide bonds. The third-order valence-corrected chi connectivity index (χ3v) is 6.28. The van der Waals surface area contributed by atoms with E-state index >= 15 is 0 Å². The van der Waals surface area contributed by atoms with Gasteiger partial charge >= 0.3 is 5.97 Å². The molecule has 2 saturated heterocycles. The summed E-state index contributed by atoms with van der Waals surface area (Å²) in [7, 11) is 1.64. The SMILES string of the molecule is CCOC(=O)[C@]1(CC)C[C@@H]2CC[C@H]1N2Cc1cc(OC)c2c(c1)OCO2. The fraction of sp³-hybridized carbons (Fsp3) is 0.650. The zero-order valence-corrected chi connectivity index (χ0v) is 15.7. The second-order valence-electron chi connectivity index (χ2n) is 7.39. The first-order chi connectivity index (χ1) is 12.6. The average molecular weight is 361 g/mol. The van der Waals surface area contributed by atoms with Crippen LogP contribution >= 0.6 is 0 Å². The molecule has 6 heteroatoms. The molecule has 1 aromatic rings. The van der Waals surface area contributed by atoms with Crippen LogP contribution in [0.3, 0.4) is 0 Å². The van der Waals surface area contributed by atoms with Gasteiger partial charge in [-0.3, -0.25) is 9.69 Å². The fourth-order valence-electron chi connectivity index (χ4n) is 5.05. The van der Waals surface area contributed by atoms with Crippen molar-refractivity contribution in [3.8, 4) is 17.2 Å². The predicted molar refractivity (Wildman–Crippen MR) is 95.4 cm³/mol. The van der Waals surface area contributed by atoms with Gasteiger partial charge in [-0.05, 0) is 50.3 Å². The van der Waals surface area contributed by atoms with Crippen molar-refractivity contribution in [3.05, 3.63) is 17.7 Å². The maximum atomic E-state index is 12.7. The van der Waals surface area contributed by atoms with Crippen molar-refractivity contribution in [2.75, 3.05) is 20.5 Å². The van der Waals surface area contributed by atoms with Crippen molar-refractivity contribution < 1.29 is 23.7 Å². The number of rotatable bonds is 6. The van der Waals surface area contributed by atoms with Gasteiger partial charge in [-0.1, -0.05) is 6.92 Å². The Morgan fingerprint density at radius 2 is 2.15 bits per heavy atom. The fourth-order valence-corrected chi connectivity index (χ4v) is 5.05. The number of ether oxygens (including phenoxy) is 4. The summed E-state index contributed by atoms with van der Waals surface area (Å²) >= 11 is 0. The highest BCUT2D eigenvalue weighted by atomic mass is 16.7. The van der Waals surface area contributed by atoms with Gasteiger partial charge in [0.1, 0.15) is 0 Å². The maximum Gasteiger partial charge on any atom is 0.313 e. The molecule has 0 N–H and O–H groups in total. The second-order valence-corrected chi connectivity index (χ2v) is 7.39. The molecule has 6 nitrogen and oxygen atoms in total. The molecule has 3 heterocycles. The molecular formula is C20H27NO5. The topological polar surface area (TPSA) is 57.2 Å². The summed E-state index contributed by atoms with van der Waals surface area (Å²) in [4.78, 5) is 15.2. The number of hydrogen-bond acceptors (Lipinski definition) is 6. The van der Waals surface area contributed by atoms with Crippen LogP contribution in [-0.4, -0.2) is 43.5 Å². The molecule has 3 aliphatic rings. The predicted octanol–water partition coefficient (Wildman–Crippen LogP) is 3.12. The molecular weight excluding hydrogens is 334 g/mol. The number of nitrogens with zero attached hydrogens (tertiary/aromatic N) is 1. The van der Waals surface area contributed by atoms with E-state index in [0.717, 1.165) is 43.5 Å². The minimum absolute atomic E-state index is 0.0250. The molecule has 3 atom stereocenters. The molecule has 142 valence electrons. The van der Waals surface area contributed by atoms with Crippen molar-refractivity contribution in [1.29, 1.82) is 0 Å². The maximum absolute atomic E-state index is 12.7. The van der Waals surface area contributed by atoms with E-state index in [-0.39, 0.29) is 24.2 Å². The molecule has 0 aliphatic carbocycles. The van der Waals surface area contributed by atoms with Crippen LogP contribution in [0.15, 0.2) is 12.1 Å². The largest absolute Gasteiger partial charge is 0.493 e. The first-order valence-corrected chi connectivity index (χ1v) is 9.52. The number of methoxy groups -OCH3 is 1.